The number of nitrogens with zero attached hydrogens (tertiary/aromatic N) is 2. The molecule has 2 atom stereocenters. The maximum absolute atomic E-state index is 12.9. The average Bonchev–Trinajstić information content (AvgIpc) is 3.34. The predicted octanol–water partition coefficient (Wildman–Crippen LogP) is 3.43. The number of carbonyl (C=O) groups is 1. The molecule has 2 saturated heterocycles. The standard InChI is InChI=1S/C22H38N2O2/c25-17-22-12-13-23(20-8-4-5-9-20)14-19(22)15-24(16-22)21(26)11-10-18-6-2-1-3-7-18/h18-20,25H,1-17H2/t19-,22+/m0/s1. The fraction of sp³-hybridized carbons (Fsp3) is 0.955. The van der Waals surface area contributed by atoms with E-state index < -0.39 is 0 Å². The first-order chi connectivity index (χ1) is 12.7. The monoisotopic (exact) mass is 362 g/mol. The molecule has 4 nitrogen and oxygen atoms in total. The Kier molecular flexibility index (Phi) is 5.90. The smallest absolute Gasteiger partial charge is 0.222 e. The minimum absolute atomic E-state index is 0.0183. The van der Waals surface area contributed by atoms with Crippen molar-refractivity contribution < 1.29 is 9.90 Å². The fourth-order valence-corrected chi connectivity index (χ4v) is 6.32. The van der Waals surface area contributed by atoms with E-state index in [0.29, 0.717) is 11.8 Å². The van der Waals surface area contributed by atoms with E-state index in [1.165, 1.54) is 57.8 Å². The third-order valence-electron chi connectivity index (χ3n) is 8.16. The number of likely N-dealkylation sites (tertiary alicyclic amines) is 2. The molecule has 2 aliphatic heterocycles. The molecule has 26 heavy (non-hydrogen) atoms. The summed E-state index contributed by atoms with van der Waals surface area (Å²) in [5, 5.41) is 10.2. The number of hydrogen-bond donors (Lipinski definition) is 1. The first-order valence-electron chi connectivity index (χ1n) is 11.3. The molecule has 0 radical (unpaired) electrons. The van der Waals surface area contributed by atoms with Crippen LogP contribution in [0.25, 0.3) is 0 Å². The SMILES string of the molecule is O=C(CCC1CCCCC1)N1C[C@@H]2CN(C3CCCC3)CC[C@]2(CO)C1. The Morgan fingerprint density at radius 2 is 1.73 bits per heavy atom. The van der Waals surface area contributed by atoms with Gasteiger partial charge in [-0.15, -0.1) is 0 Å². The van der Waals surface area contributed by atoms with Crippen LogP contribution in [0.1, 0.15) is 77.0 Å². The minimum atomic E-state index is -0.0183. The number of aliphatic hydroxyl groups excluding tert-OH is 1. The maximum atomic E-state index is 12.9. The summed E-state index contributed by atoms with van der Waals surface area (Å²) in [6, 6.07) is 0.766. The average molecular weight is 363 g/mol. The maximum Gasteiger partial charge on any atom is 0.222 e. The van der Waals surface area contributed by atoms with Crippen LogP contribution in [-0.4, -0.2) is 59.6 Å². The van der Waals surface area contributed by atoms with Gasteiger partial charge in [-0.1, -0.05) is 44.9 Å². The van der Waals surface area contributed by atoms with Crippen LogP contribution in [-0.2, 0) is 4.79 Å². The highest BCUT2D eigenvalue weighted by atomic mass is 16.3. The van der Waals surface area contributed by atoms with Crippen molar-refractivity contribution in [2.75, 3.05) is 32.8 Å². The predicted molar refractivity (Wildman–Crippen MR) is 104 cm³/mol. The van der Waals surface area contributed by atoms with Crippen molar-refractivity contribution in [2.45, 2.75) is 83.1 Å². The number of hydrogen-bond acceptors (Lipinski definition) is 3. The number of amides is 1. The van der Waals surface area contributed by atoms with Gasteiger partial charge in [-0.3, -0.25) is 9.69 Å². The second-order valence-electron chi connectivity index (χ2n) is 9.72. The molecule has 4 rings (SSSR count). The van der Waals surface area contributed by atoms with Gasteiger partial charge in [0.15, 0.2) is 0 Å². The van der Waals surface area contributed by atoms with Gasteiger partial charge in [0, 0.05) is 37.5 Å². The van der Waals surface area contributed by atoms with E-state index in [2.05, 4.69) is 9.80 Å². The number of carbonyl (C=O) groups excluding carboxylic acids is 1. The molecule has 4 aliphatic rings. The van der Waals surface area contributed by atoms with E-state index in [9.17, 15) is 9.90 Å². The van der Waals surface area contributed by atoms with E-state index >= 15 is 0 Å². The van der Waals surface area contributed by atoms with Crippen molar-refractivity contribution in [3.63, 3.8) is 0 Å². The van der Waals surface area contributed by atoms with Gasteiger partial charge in [0.25, 0.3) is 0 Å². The molecule has 2 aliphatic carbocycles. The summed E-state index contributed by atoms with van der Waals surface area (Å²) in [7, 11) is 0. The second kappa shape index (κ2) is 8.18. The summed E-state index contributed by atoms with van der Waals surface area (Å²) in [5.41, 5.74) is -0.0183. The lowest BCUT2D eigenvalue weighted by Gasteiger charge is -2.44. The van der Waals surface area contributed by atoms with Crippen LogP contribution in [0.3, 0.4) is 0 Å². The first kappa shape index (κ1) is 18.7. The Hall–Kier alpha value is -0.610. The number of aliphatic hydroxyl groups is 1. The largest absolute Gasteiger partial charge is 0.396 e. The van der Waals surface area contributed by atoms with E-state index in [-0.39, 0.29) is 12.0 Å². The molecule has 2 heterocycles. The summed E-state index contributed by atoms with van der Waals surface area (Å²) in [5.74, 6) is 1.60. The summed E-state index contributed by atoms with van der Waals surface area (Å²) < 4.78 is 0. The Labute approximate surface area is 159 Å². The van der Waals surface area contributed by atoms with Crippen LogP contribution in [0.2, 0.25) is 0 Å². The lowest BCUT2D eigenvalue weighted by atomic mass is 9.73. The van der Waals surface area contributed by atoms with E-state index in [4.69, 9.17) is 0 Å². The van der Waals surface area contributed by atoms with Gasteiger partial charge in [-0.05, 0) is 44.1 Å². The molecule has 1 amide bonds. The van der Waals surface area contributed by atoms with Crippen LogP contribution in [0.4, 0.5) is 0 Å². The van der Waals surface area contributed by atoms with Crippen LogP contribution < -0.4 is 0 Å². The molecule has 0 aromatic heterocycles. The van der Waals surface area contributed by atoms with Gasteiger partial charge >= 0.3 is 0 Å². The van der Waals surface area contributed by atoms with Crippen LogP contribution in [0.5, 0.6) is 0 Å². The van der Waals surface area contributed by atoms with E-state index in [1.807, 2.05) is 0 Å². The van der Waals surface area contributed by atoms with Gasteiger partial charge in [0.1, 0.15) is 0 Å². The third-order valence-corrected chi connectivity index (χ3v) is 8.16. The van der Waals surface area contributed by atoms with Crippen molar-refractivity contribution >= 4 is 5.91 Å². The molecule has 0 bridgehead atoms. The highest BCUT2D eigenvalue weighted by Gasteiger charge is 2.50. The molecule has 0 aromatic rings. The molecule has 2 saturated carbocycles. The molecule has 0 spiro atoms. The van der Waals surface area contributed by atoms with Crippen molar-refractivity contribution in [3.8, 4) is 0 Å². The topological polar surface area (TPSA) is 43.8 Å². The zero-order valence-corrected chi connectivity index (χ0v) is 16.5. The summed E-state index contributed by atoms with van der Waals surface area (Å²) in [6.45, 7) is 4.15. The molecule has 4 heteroatoms. The molecule has 0 aromatic carbocycles. The van der Waals surface area contributed by atoms with Crippen molar-refractivity contribution in [1.82, 2.24) is 9.80 Å². The first-order valence-corrected chi connectivity index (χ1v) is 11.3. The minimum Gasteiger partial charge on any atom is -0.396 e. The van der Waals surface area contributed by atoms with Crippen molar-refractivity contribution in [2.24, 2.45) is 17.3 Å². The van der Waals surface area contributed by atoms with Crippen molar-refractivity contribution in [1.29, 1.82) is 0 Å². The Morgan fingerprint density at radius 3 is 2.46 bits per heavy atom. The lowest BCUT2D eigenvalue weighted by Crippen LogP contribution is -2.51. The summed E-state index contributed by atoms with van der Waals surface area (Å²) in [6.07, 6.45) is 15.1. The lowest BCUT2D eigenvalue weighted by molar-refractivity contribution is -0.131. The Morgan fingerprint density at radius 1 is 1.00 bits per heavy atom. The normalized spacial score (nSPS) is 34.3. The van der Waals surface area contributed by atoms with Crippen molar-refractivity contribution in [3.05, 3.63) is 0 Å². The van der Waals surface area contributed by atoms with Gasteiger partial charge < -0.3 is 10.0 Å². The van der Waals surface area contributed by atoms with E-state index in [0.717, 1.165) is 57.4 Å². The van der Waals surface area contributed by atoms with Gasteiger partial charge in [-0.2, -0.15) is 0 Å². The quantitative estimate of drug-likeness (QED) is 0.815. The molecular weight excluding hydrogens is 324 g/mol. The van der Waals surface area contributed by atoms with Gasteiger partial charge in [-0.25, -0.2) is 0 Å². The molecule has 148 valence electrons. The van der Waals surface area contributed by atoms with Crippen LogP contribution in [0, 0.1) is 17.3 Å². The van der Waals surface area contributed by atoms with Gasteiger partial charge in [0.05, 0.1) is 6.61 Å². The summed E-state index contributed by atoms with van der Waals surface area (Å²) >= 11 is 0. The molecular formula is C22H38N2O2. The zero-order chi connectivity index (χ0) is 18.0. The van der Waals surface area contributed by atoms with Crippen LogP contribution >= 0.6 is 0 Å². The highest BCUT2D eigenvalue weighted by molar-refractivity contribution is 5.76. The van der Waals surface area contributed by atoms with Gasteiger partial charge in [0.2, 0.25) is 5.91 Å². The zero-order valence-electron chi connectivity index (χ0n) is 16.5. The number of fused-ring (bicyclic) bond motifs is 1. The highest BCUT2D eigenvalue weighted by Crippen LogP contribution is 2.44. The van der Waals surface area contributed by atoms with Crippen LogP contribution in [0.15, 0.2) is 0 Å². The third kappa shape index (κ3) is 3.82. The molecule has 0 unspecified atom stereocenters. The Balaban J connectivity index is 1.32. The van der Waals surface area contributed by atoms with E-state index in [1.54, 1.807) is 0 Å². The fourth-order valence-electron chi connectivity index (χ4n) is 6.32. The second-order valence-corrected chi connectivity index (χ2v) is 9.72. The Bertz CT molecular complexity index is 485. The number of rotatable bonds is 5. The molecule has 4 fully saturated rings. The number of piperidine rings is 1. The molecule has 1 N–H and O–H groups in total. The summed E-state index contributed by atoms with van der Waals surface area (Å²) in [4.78, 5) is 17.7.